The van der Waals surface area contributed by atoms with Gasteiger partial charge in [-0.3, -0.25) is 9.59 Å². The van der Waals surface area contributed by atoms with Gasteiger partial charge < -0.3 is 30.5 Å². The summed E-state index contributed by atoms with van der Waals surface area (Å²) in [4.78, 5) is 36.5. The van der Waals surface area contributed by atoms with Gasteiger partial charge in [0, 0.05) is 49.2 Å². The summed E-state index contributed by atoms with van der Waals surface area (Å²) in [6.45, 7) is 11.1. The molecule has 9 nitrogen and oxygen atoms in total. The highest BCUT2D eigenvalue weighted by molar-refractivity contribution is 6.30. The van der Waals surface area contributed by atoms with Crippen molar-refractivity contribution in [1.29, 1.82) is 0 Å². The Hall–Kier alpha value is -3.59. The number of aryl methyl sites for hydroxylation is 1. The van der Waals surface area contributed by atoms with E-state index >= 15 is 0 Å². The van der Waals surface area contributed by atoms with Crippen LogP contribution in [0, 0.1) is 12.8 Å². The second-order valence-corrected chi connectivity index (χ2v) is 9.57. The van der Waals surface area contributed by atoms with E-state index in [1.807, 2.05) is 50.9 Å². The topological polar surface area (TPSA) is 131 Å². The summed E-state index contributed by atoms with van der Waals surface area (Å²) in [5.74, 6) is 1.99. The number of pyridine rings is 1. The van der Waals surface area contributed by atoms with E-state index < -0.39 is 0 Å². The number of rotatable bonds is 7. The van der Waals surface area contributed by atoms with Crippen molar-refractivity contribution in [2.75, 3.05) is 30.0 Å². The molecule has 4 N–H and O–H groups in total. The van der Waals surface area contributed by atoms with Gasteiger partial charge in [0.25, 0.3) is 0 Å². The van der Waals surface area contributed by atoms with Crippen LogP contribution in [0.15, 0.2) is 40.9 Å². The molecule has 1 unspecified atom stereocenters. The number of halogens is 1. The number of aromatic nitrogens is 1. The third-order valence-corrected chi connectivity index (χ3v) is 6.40. The van der Waals surface area contributed by atoms with Crippen LogP contribution >= 0.6 is 11.6 Å². The van der Waals surface area contributed by atoms with Gasteiger partial charge in [-0.1, -0.05) is 32.4 Å². The second kappa shape index (κ2) is 17.8. The third kappa shape index (κ3) is 11.4. The van der Waals surface area contributed by atoms with Gasteiger partial charge in [-0.05, 0) is 63.4 Å². The molecule has 0 bridgehead atoms. The number of nitrogen functional groups attached to an aromatic ring is 1. The number of aldehydes is 1. The first-order valence-corrected chi connectivity index (χ1v) is 13.5. The van der Waals surface area contributed by atoms with Gasteiger partial charge >= 0.3 is 0 Å². The largest absolute Gasteiger partial charge is 0.459 e. The molecule has 39 heavy (non-hydrogen) atoms. The normalized spacial score (nSPS) is 13.5. The molecule has 2 atom stereocenters. The molecule has 4 rings (SSSR count). The zero-order chi connectivity index (χ0) is 29.4. The van der Waals surface area contributed by atoms with Crippen LogP contribution in [-0.4, -0.2) is 48.1 Å². The summed E-state index contributed by atoms with van der Waals surface area (Å²) >= 11 is 5.53. The lowest BCUT2D eigenvalue weighted by Crippen LogP contribution is -2.33. The van der Waals surface area contributed by atoms with E-state index in [4.69, 9.17) is 21.8 Å². The Morgan fingerprint density at radius 3 is 2.36 bits per heavy atom. The first-order valence-electron chi connectivity index (χ1n) is 13.1. The van der Waals surface area contributed by atoms with E-state index in [9.17, 15) is 14.4 Å². The maximum Gasteiger partial charge on any atom is 0.222 e. The molecular formula is C29H42ClN5O4. The Morgan fingerprint density at radius 2 is 1.90 bits per heavy atom. The Bertz CT molecular complexity index is 1170. The Labute approximate surface area is 236 Å². The fourth-order valence-corrected chi connectivity index (χ4v) is 3.63. The number of amides is 2. The monoisotopic (exact) mass is 559 g/mol. The molecule has 2 aromatic heterocycles. The van der Waals surface area contributed by atoms with Crippen molar-refractivity contribution < 1.29 is 18.8 Å². The minimum Gasteiger partial charge on any atom is -0.459 e. The maximum atomic E-state index is 11.1. The molecular weight excluding hydrogens is 518 g/mol. The molecule has 3 heterocycles. The smallest absolute Gasteiger partial charge is 0.222 e. The van der Waals surface area contributed by atoms with Crippen molar-refractivity contribution in [3.05, 3.63) is 47.3 Å². The highest BCUT2D eigenvalue weighted by Gasteiger charge is 2.23. The first kappa shape index (κ1) is 33.4. The van der Waals surface area contributed by atoms with Crippen LogP contribution in [0.5, 0.6) is 0 Å². The van der Waals surface area contributed by atoms with Crippen molar-refractivity contribution in [1.82, 2.24) is 9.88 Å². The van der Waals surface area contributed by atoms with Crippen molar-refractivity contribution in [3.63, 3.8) is 0 Å². The van der Waals surface area contributed by atoms with Gasteiger partial charge in [0.2, 0.25) is 12.3 Å². The van der Waals surface area contributed by atoms with E-state index in [1.165, 1.54) is 6.20 Å². The van der Waals surface area contributed by atoms with Crippen LogP contribution in [0.3, 0.4) is 0 Å². The number of hydrogen-bond acceptors (Lipinski definition) is 7. The van der Waals surface area contributed by atoms with E-state index in [2.05, 4.69) is 29.5 Å². The minimum atomic E-state index is 0.255. The molecule has 0 radical (unpaired) electrons. The summed E-state index contributed by atoms with van der Waals surface area (Å²) < 4.78 is 5.53. The van der Waals surface area contributed by atoms with Gasteiger partial charge in [0.05, 0.1) is 10.7 Å². The van der Waals surface area contributed by atoms with E-state index in [0.717, 1.165) is 66.6 Å². The molecule has 1 aliphatic rings. The lowest BCUT2D eigenvalue weighted by Gasteiger charge is -2.22. The summed E-state index contributed by atoms with van der Waals surface area (Å²) in [6, 6.07) is 9.37. The summed E-state index contributed by atoms with van der Waals surface area (Å²) in [5, 5.41) is 7.07. The van der Waals surface area contributed by atoms with Crippen LogP contribution in [0.1, 0.15) is 59.1 Å². The third-order valence-electron chi connectivity index (χ3n) is 6.18. The maximum absolute atomic E-state index is 11.1. The van der Waals surface area contributed by atoms with Crippen molar-refractivity contribution >= 4 is 58.4 Å². The highest BCUT2D eigenvalue weighted by Crippen LogP contribution is 2.31. The molecule has 0 aliphatic carbocycles. The lowest BCUT2D eigenvalue weighted by atomic mass is 10.2. The SMILES string of the molecule is CCC(C)N1CCCC1=O.CC[C@H](C)C=O.CNc1c(C)oc2ccc(N)cc12.O=CNc1ccc(Cl)cn1. The predicted octanol–water partition coefficient (Wildman–Crippen LogP) is 6.31. The molecule has 1 fully saturated rings. The fourth-order valence-electron chi connectivity index (χ4n) is 3.52. The van der Waals surface area contributed by atoms with E-state index in [-0.39, 0.29) is 5.92 Å². The molecule has 2 amide bonds. The zero-order valence-corrected chi connectivity index (χ0v) is 24.5. The molecule has 1 aliphatic heterocycles. The van der Waals surface area contributed by atoms with Crippen LogP contribution < -0.4 is 16.4 Å². The minimum absolute atomic E-state index is 0.255. The van der Waals surface area contributed by atoms with Crippen molar-refractivity contribution in [2.45, 2.75) is 66.3 Å². The molecule has 3 aromatic rings. The Balaban J connectivity index is 0.000000269. The number of likely N-dealkylation sites (tertiary alicyclic amines) is 1. The quantitative estimate of drug-likeness (QED) is 0.228. The standard InChI is InChI=1S/C10H12N2O.C8H15NO.C6H5ClN2O.C5H10O/c1-6-10(12-2)8-5-7(11)3-4-9(8)13-6;1-3-7(2)9-6-4-5-8(9)10;7-5-1-2-6(8-3-5)9-4-10;1-3-5(2)4-6/h3-5,12H,11H2,1-2H3;7H,3-6H2,1-2H3;1-4H,(H,8,9,10);4-5H,3H2,1-2H3/t;;;5-/m...0/s1. The molecule has 1 saturated heterocycles. The van der Waals surface area contributed by atoms with E-state index in [1.54, 1.807) is 12.1 Å². The van der Waals surface area contributed by atoms with Gasteiger partial charge in [-0.25, -0.2) is 4.98 Å². The van der Waals surface area contributed by atoms with Gasteiger partial charge in [-0.15, -0.1) is 0 Å². The number of anilines is 3. The number of carbonyl (C=O) groups is 3. The lowest BCUT2D eigenvalue weighted by molar-refractivity contribution is -0.129. The number of nitrogens with two attached hydrogens (primary N) is 1. The summed E-state index contributed by atoms with van der Waals surface area (Å²) in [7, 11) is 1.88. The van der Waals surface area contributed by atoms with Gasteiger partial charge in [0.1, 0.15) is 23.4 Å². The molecule has 0 spiro atoms. The van der Waals surface area contributed by atoms with Crippen LogP contribution in [-0.2, 0) is 14.4 Å². The van der Waals surface area contributed by atoms with Crippen molar-refractivity contribution in [3.8, 4) is 0 Å². The van der Waals surface area contributed by atoms with Gasteiger partial charge in [0.15, 0.2) is 0 Å². The van der Waals surface area contributed by atoms with Gasteiger partial charge in [-0.2, -0.15) is 0 Å². The predicted molar refractivity (Wildman–Crippen MR) is 160 cm³/mol. The zero-order valence-electron chi connectivity index (χ0n) is 23.8. The van der Waals surface area contributed by atoms with Crippen LogP contribution in [0.2, 0.25) is 5.02 Å². The van der Waals surface area contributed by atoms with Crippen LogP contribution in [0.25, 0.3) is 11.0 Å². The molecule has 0 saturated carbocycles. The number of furan rings is 1. The summed E-state index contributed by atoms with van der Waals surface area (Å²) in [5.41, 5.74) is 8.33. The average Bonchev–Trinajstić information content (AvgIpc) is 3.51. The number of benzene rings is 1. The molecule has 10 heteroatoms. The van der Waals surface area contributed by atoms with E-state index in [0.29, 0.717) is 29.2 Å². The molecule has 1 aromatic carbocycles. The Morgan fingerprint density at radius 1 is 1.18 bits per heavy atom. The van der Waals surface area contributed by atoms with Crippen LogP contribution in [0.4, 0.5) is 17.2 Å². The number of hydrogen-bond donors (Lipinski definition) is 3. The Kier molecular flexibility index (Phi) is 15.3. The first-order chi connectivity index (χ1) is 18.6. The molecule has 214 valence electrons. The number of carbonyl (C=O) groups excluding carboxylic acids is 3. The van der Waals surface area contributed by atoms with Crippen molar-refractivity contribution in [2.24, 2.45) is 5.92 Å². The fraction of sp³-hybridized carbons (Fsp3) is 0.448. The number of fused-ring (bicyclic) bond motifs is 1. The highest BCUT2D eigenvalue weighted by atomic mass is 35.5. The number of nitrogens with zero attached hydrogens (tertiary/aromatic N) is 2. The summed E-state index contributed by atoms with van der Waals surface area (Å²) in [6.07, 6.45) is 6.87. The number of nitrogens with one attached hydrogen (secondary N) is 2. The average molecular weight is 560 g/mol. The second-order valence-electron chi connectivity index (χ2n) is 9.13.